The Balaban J connectivity index is 1.83. The number of aromatic nitrogens is 2. The van der Waals surface area contributed by atoms with Gasteiger partial charge in [-0.3, -0.25) is 4.79 Å². The van der Waals surface area contributed by atoms with Crippen LogP contribution in [0.3, 0.4) is 0 Å². The van der Waals surface area contributed by atoms with E-state index in [0.29, 0.717) is 5.02 Å². The van der Waals surface area contributed by atoms with Gasteiger partial charge in [0.05, 0.1) is 23.0 Å². The third-order valence-corrected chi connectivity index (χ3v) is 4.96. The summed E-state index contributed by atoms with van der Waals surface area (Å²) in [6, 6.07) is 5.91. The largest absolute Gasteiger partial charge is 0.505 e. The summed E-state index contributed by atoms with van der Waals surface area (Å²) in [6.07, 6.45) is 2.45. The summed E-state index contributed by atoms with van der Waals surface area (Å²) in [4.78, 5) is 19.2. The van der Waals surface area contributed by atoms with Crippen molar-refractivity contribution in [3.8, 4) is 5.75 Å². The van der Waals surface area contributed by atoms with Crippen molar-refractivity contribution in [2.24, 2.45) is 0 Å². The highest BCUT2D eigenvalue weighted by Crippen LogP contribution is 2.15. The molecule has 7 nitrogen and oxygen atoms in total. The van der Waals surface area contributed by atoms with E-state index in [9.17, 15) is 13.2 Å². The second-order valence-corrected chi connectivity index (χ2v) is 7.19. The van der Waals surface area contributed by atoms with Gasteiger partial charge in [0.15, 0.2) is 15.6 Å². The quantitative estimate of drug-likeness (QED) is 0.758. The normalized spacial score (nSPS) is 11.2. The fraction of sp³-hybridized carbons (Fsp3) is 0.214. The third kappa shape index (κ3) is 4.90. The number of amides is 1. The SMILES string of the molecule is O=C(NCCCS(=O)(=O)c1ccc(Cl)cc1)c1ncc(O)cn1. The first-order valence-electron chi connectivity index (χ1n) is 6.66. The van der Waals surface area contributed by atoms with Crippen molar-refractivity contribution >= 4 is 27.3 Å². The lowest BCUT2D eigenvalue weighted by Gasteiger charge is -2.06. The Kier molecular flexibility index (Phi) is 5.51. The van der Waals surface area contributed by atoms with Crippen LogP contribution in [0.2, 0.25) is 5.02 Å². The summed E-state index contributed by atoms with van der Waals surface area (Å²) in [7, 11) is -3.42. The zero-order valence-corrected chi connectivity index (χ0v) is 13.5. The van der Waals surface area contributed by atoms with E-state index in [1.165, 1.54) is 24.3 Å². The molecule has 1 aromatic heterocycles. The van der Waals surface area contributed by atoms with E-state index in [4.69, 9.17) is 16.7 Å². The molecule has 0 saturated heterocycles. The van der Waals surface area contributed by atoms with Crippen molar-refractivity contribution in [2.45, 2.75) is 11.3 Å². The Morgan fingerprint density at radius 2 is 1.78 bits per heavy atom. The zero-order chi connectivity index (χ0) is 16.9. The number of carbonyl (C=O) groups excluding carboxylic acids is 1. The fourth-order valence-electron chi connectivity index (χ4n) is 1.74. The van der Waals surface area contributed by atoms with Crippen LogP contribution in [-0.4, -0.2) is 41.7 Å². The number of hydrogen-bond acceptors (Lipinski definition) is 6. The van der Waals surface area contributed by atoms with Crippen molar-refractivity contribution in [1.29, 1.82) is 0 Å². The van der Waals surface area contributed by atoms with Crippen LogP contribution in [0, 0.1) is 0 Å². The van der Waals surface area contributed by atoms with Gasteiger partial charge in [-0.05, 0) is 30.7 Å². The number of nitrogens with zero attached hydrogens (tertiary/aromatic N) is 2. The van der Waals surface area contributed by atoms with Crippen LogP contribution in [0.1, 0.15) is 17.0 Å². The van der Waals surface area contributed by atoms with Gasteiger partial charge >= 0.3 is 0 Å². The second kappa shape index (κ2) is 7.38. The van der Waals surface area contributed by atoms with Gasteiger partial charge in [0.1, 0.15) is 0 Å². The maximum absolute atomic E-state index is 12.1. The monoisotopic (exact) mass is 355 g/mol. The molecule has 0 aliphatic rings. The van der Waals surface area contributed by atoms with Crippen LogP contribution < -0.4 is 5.32 Å². The molecule has 1 aromatic carbocycles. The first-order valence-corrected chi connectivity index (χ1v) is 8.69. The number of halogens is 1. The van der Waals surface area contributed by atoms with E-state index >= 15 is 0 Å². The average Bonchev–Trinajstić information content (AvgIpc) is 2.52. The average molecular weight is 356 g/mol. The minimum Gasteiger partial charge on any atom is -0.505 e. The third-order valence-electron chi connectivity index (χ3n) is 2.89. The van der Waals surface area contributed by atoms with Crippen molar-refractivity contribution in [3.63, 3.8) is 0 Å². The van der Waals surface area contributed by atoms with E-state index in [0.717, 1.165) is 12.4 Å². The molecule has 0 atom stereocenters. The van der Waals surface area contributed by atoms with E-state index < -0.39 is 15.7 Å². The number of hydrogen-bond donors (Lipinski definition) is 2. The van der Waals surface area contributed by atoms with E-state index in [2.05, 4.69) is 15.3 Å². The van der Waals surface area contributed by atoms with Gasteiger partial charge in [-0.2, -0.15) is 0 Å². The summed E-state index contributed by atoms with van der Waals surface area (Å²) in [5, 5.41) is 12.0. The zero-order valence-electron chi connectivity index (χ0n) is 11.9. The summed E-state index contributed by atoms with van der Waals surface area (Å²) >= 11 is 5.72. The topological polar surface area (TPSA) is 109 Å². The summed E-state index contributed by atoms with van der Waals surface area (Å²) in [5.74, 6) is -0.876. The maximum Gasteiger partial charge on any atom is 0.289 e. The number of benzene rings is 1. The molecule has 0 saturated carbocycles. The van der Waals surface area contributed by atoms with Crippen molar-refractivity contribution in [3.05, 3.63) is 47.5 Å². The highest BCUT2D eigenvalue weighted by molar-refractivity contribution is 7.91. The van der Waals surface area contributed by atoms with Crippen LogP contribution in [-0.2, 0) is 9.84 Å². The Hall–Kier alpha value is -2.19. The first-order chi connectivity index (χ1) is 10.9. The molecule has 2 aromatic rings. The highest BCUT2D eigenvalue weighted by Gasteiger charge is 2.14. The molecule has 0 bridgehead atoms. The molecule has 0 spiro atoms. The Morgan fingerprint density at radius 1 is 1.17 bits per heavy atom. The molecule has 122 valence electrons. The molecular formula is C14H14ClN3O4S. The summed E-state index contributed by atoms with van der Waals surface area (Å²) < 4.78 is 24.2. The number of rotatable bonds is 6. The van der Waals surface area contributed by atoms with Gasteiger partial charge < -0.3 is 10.4 Å². The van der Waals surface area contributed by atoms with Crippen molar-refractivity contribution < 1.29 is 18.3 Å². The lowest BCUT2D eigenvalue weighted by atomic mass is 10.4. The van der Waals surface area contributed by atoms with Crippen LogP contribution in [0.4, 0.5) is 0 Å². The lowest BCUT2D eigenvalue weighted by molar-refractivity contribution is 0.0943. The molecule has 23 heavy (non-hydrogen) atoms. The molecule has 0 unspecified atom stereocenters. The van der Waals surface area contributed by atoms with Gasteiger partial charge in [0.2, 0.25) is 5.82 Å². The molecule has 2 rings (SSSR count). The predicted molar refractivity (Wildman–Crippen MR) is 84.2 cm³/mol. The van der Waals surface area contributed by atoms with E-state index in [1.807, 2.05) is 0 Å². The lowest BCUT2D eigenvalue weighted by Crippen LogP contribution is -2.27. The van der Waals surface area contributed by atoms with Crippen molar-refractivity contribution in [2.75, 3.05) is 12.3 Å². The summed E-state index contributed by atoms with van der Waals surface area (Å²) in [6.45, 7) is 0.163. The molecule has 0 radical (unpaired) electrons. The number of carbonyl (C=O) groups is 1. The van der Waals surface area contributed by atoms with Crippen LogP contribution in [0.5, 0.6) is 5.75 Å². The second-order valence-electron chi connectivity index (χ2n) is 4.65. The van der Waals surface area contributed by atoms with Crippen LogP contribution >= 0.6 is 11.6 Å². The molecule has 0 aliphatic heterocycles. The number of aromatic hydroxyl groups is 1. The van der Waals surface area contributed by atoms with Gasteiger partial charge in [-0.1, -0.05) is 11.6 Å². The Bertz CT molecular complexity index is 777. The smallest absolute Gasteiger partial charge is 0.289 e. The van der Waals surface area contributed by atoms with Crippen LogP contribution in [0.25, 0.3) is 0 Å². The molecule has 1 heterocycles. The highest BCUT2D eigenvalue weighted by atomic mass is 35.5. The summed E-state index contributed by atoms with van der Waals surface area (Å²) in [5.41, 5.74) is 0. The molecule has 0 aliphatic carbocycles. The number of nitrogens with one attached hydrogen (secondary N) is 1. The maximum atomic E-state index is 12.1. The molecular weight excluding hydrogens is 342 g/mol. The van der Waals surface area contributed by atoms with Gasteiger partial charge in [0.25, 0.3) is 5.91 Å². The minimum absolute atomic E-state index is 0.0941. The van der Waals surface area contributed by atoms with Gasteiger partial charge in [-0.15, -0.1) is 0 Å². The molecule has 9 heteroatoms. The van der Waals surface area contributed by atoms with E-state index in [1.54, 1.807) is 0 Å². The fourth-order valence-corrected chi connectivity index (χ4v) is 3.18. The molecule has 2 N–H and O–H groups in total. The standard InChI is InChI=1S/C14H14ClN3O4S/c15-10-2-4-12(5-3-10)23(21,22)7-1-6-16-14(20)13-17-8-11(19)9-18-13/h2-5,8-9,19H,1,6-7H2,(H,16,20). The minimum atomic E-state index is -3.42. The van der Waals surface area contributed by atoms with Crippen molar-refractivity contribution in [1.82, 2.24) is 15.3 Å². The van der Waals surface area contributed by atoms with Gasteiger partial charge in [-0.25, -0.2) is 18.4 Å². The molecule has 1 amide bonds. The van der Waals surface area contributed by atoms with E-state index in [-0.39, 0.29) is 35.2 Å². The predicted octanol–water partition coefficient (Wildman–Crippen LogP) is 1.43. The Labute approximate surface area is 138 Å². The van der Waals surface area contributed by atoms with Gasteiger partial charge in [0, 0.05) is 11.6 Å². The molecule has 0 fully saturated rings. The Morgan fingerprint density at radius 3 is 2.39 bits per heavy atom. The first kappa shape index (κ1) is 17.2. The number of sulfone groups is 1. The van der Waals surface area contributed by atoms with Crippen LogP contribution in [0.15, 0.2) is 41.6 Å².